The number of fused-ring (bicyclic) bond motifs is 1. The molecule has 0 spiro atoms. The van der Waals surface area contributed by atoms with Crippen molar-refractivity contribution in [3.63, 3.8) is 0 Å². The summed E-state index contributed by atoms with van der Waals surface area (Å²) in [6.07, 6.45) is 2.31. The zero-order valence-electron chi connectivity index (χ0n) is 22.3. The van der Waals surface area contributed by atoms with Crippen molar-refractivity contribution in [2.45, 2.75) is 62.1 Å². The number of piperidine rings is 1. The van der Waals surface area contributed by atoms with Crippen molar-refractivity contribution in [3.05, 3.63) is 66.1 Å². The van der Waals surface area contributed by atoms with Crippen molar-refractivity contribution in [2.24, 2.45) is 0 Å². The largest absolute Gasteiger partial charge is 0.438 e. The van der Waals surface area contributed by atoms with Crippen LogP contribution in [0.1, 0.15) is 50.2 Å². The van der Waals surface area contributed by atoms with Gasteiger partial charge >= 0.3 is 0 Å². The Morgan fingerprint density at radius 2 is 1.82 bits per heavy atom. The highest BCUT2D eigenvalue weighted by Crippen LogP contribution is 2.28. The Bertz CT molecular complexity index is 1290. The van der Waals surface area contributed by atoms with Crippen LogP contribution in [-0.4, -0.2) is 72.7 Å². The molecular weight excluding hydrogens is 504 g/mol. The maximum atomic E-state index is 14.1. The fraction of sp³-hybridized carbons (Fsp3) is 0.500. The smallest absolute Gasteiger partial charge is 0.256 e. The number of aliphatic hydroxyl groups is 1. The second kappa shape index (κ2) is 11.9. The number of sulfone groups is 1. The van der Waals surface area contributed by atoms with Crippen LogP contribution >= 0.6 is 0 Å². The number of hydrogen-bond donors (Lipinski definition) is 3. The second-order valence-electron chi connectivity index (χ2n) is 10.3. The van der Waals surface area contributed by atoms with E-state index in [2.05, 4.69) is 20.5 Å². The summed E-state index contributed by atoms with van der Waals surface area (Å²) in [7, 11) is -1.94. The van der Waals surface area contributed by atoms with Crippen molar-refractivity contribution in [1.82, 2.24) is 20.5 Å². The van der Waals surface area contributed by atoms with Crippen LogP contribution in [0.15, 0.2) is 59.0 Å². The number of hydrogen-bond acceptors (Lipinski definition) is 8. The number of aliphatic hydroxyl groups excluding tert-OH is 1. The van der Waals surface area contributed by atoms with Gasteiger partial charge in [-0.25, -0.2) is 13.4 Å². The molecule has 1 amide bonds. The molecule has 1 unspecified atom stereocenters. The molecule has 0 saturated carbocycles. The fourth-order valence-corrected chi connectivity index (χ4v) is 6.27. The summed E-state index contributed by atoms with van der Waals surface area (Å²) in [6, 6.07) is 15.4. The summed E-state index contributed by atoms with van der Waals surface area (Å²) in [5.74, 6) is -0.599. The Hall–Kier alpha value is -2.79. The highest BCUT2D eigenvalue weighted by molar-refractivity contribution is 7.92. The topological polar surface area (TPSA) is 125 Å². The minimum atomic E-state index is -3.97. The van der Waals surface area contributed by atoms with Crippen molar-refractivity contribution in [1.29, 1.82) is 0 Å². The molecule has 3 N–H and O–H groups in total. The van der Waals surface area contributed by atoms with Gasteiger partial charge in [0, 0.05) is 18.7 Å². The van der Waals surface area contributed by atoms with Gasteiger partial charge in [-0.3, -0.25) is 10.1 Å². The van der Waals surface area contributed by atoms with Crippen LogP contribution in [-0.2, 0) is 21.1 Å². The van der Waals surface area contributed by atoms with Gasteiger partial charge in [0.05, 0.1) is 6.04 Å². The summed E-state index contributed by atoms with van der Waals surface area (Å²) in [5, 5.41) is 17.4. The lowest BCUT2D eigenvalue weighted by atomic mass is 9.98. The molecule has 2 heterocycles. The van der Waals surface area contributed by atoms with Gasteiger partial charge in [-0.1, -0.05) is 55.8 Å². The van der Waals surface area contributed by atoms with Gasteiger partial charge in [0.25, 0.3) is 5.91 Å². The molecule has 1 aromatic heterocycles. The van der Waals surface area contributed by atoms with Crippen LogP contribution in [0.4, 0.5) is 0 Å². The zero-order valence-corrected chi connectivity index (χ0v) is 23.1. The molecule has 10 heteroatoms. The summed E-state index contributed by atoms with van der Waals surface area (Å²) in [5.41, 5.74) is 1.85. The Kier molecular flexibility index (Phi) is 8.87. The first-order valence-corrected chi connectivity index (χ1v) is 15.1. The molecule has 206 valence electrons. The SMILES string of the molecule is CCC[C@H](NC(=O)[C@](Cc1ccccc1)(NC1CCN(C)CC1)S(C)(=O)=O)C(O)c1nc2ccccc2o1. The predicted molar refractivity (Wildman–Crippen MR) is 147 cm³/mol. The standard InChI is InChI=1S/C28H38N4O5S/c1-4-10-23(25(33)26-29-22-13-8-9-14-24(22)37-26)30-27(34)28(38(3,35)36,19-20-11-6-5-7-12-20)31-21-15-17-32(2)18-16-21/h5-9,11-14,21,23,25,31,33H,4,10,15-19H2,1-3H3,(H,30,34)/t23-,25?,28+/m0/s1. The molecule has 0 radical (unpaired) electrons. The van der Waals surface area contributed by atoms with E-state index in [4.69, 9.17) is 4.42 Å². The number of likely N-dealkylation sites (tertiary alicyclic amines) is 1. The number of amides is 1. The van der Waals surface area contributed by atoms with E-state index < -0.39 is 32.8 Å². The number of para-hydroxylation sites is 2. The number of nitrogens with zero attached hydrogens (tertiary/aromatic N) is 2. The average molecular weight is 543 g/mol. The van der Waals surface area contributed by atoms with Gasteiger partial charge in [0.1, 0.15) is 5.52 Å². The Labute approximate surface area is 224 Å². The molecule has 1 fully saturated rings. The molecule has 1 aliphatic heterocycles. The summed E-state index contributed by atoms with van der Waals surface area (Å²) in [4.78, 5) is 18.8. The van der Waals surface area contributed by atoms with Gasteiger partial charge in [-0.2, -0.15) is 0 Å². The summed E-state index contributed by atoms with van der Waals surface area (Å²) < 4.78 is 32.8. The van der Waals surface area contributed by atoms with E-state index in [9.17, 15) is 18.3 Å². The van der Waals surface area contributed by atoms with Crippen molar-refractivity contribution >= 4 is 26.8 Å². The molecule has 3 aromatic rings. The minimum Gasteiger partial charge on any atom is -0.438 e. The highest BCUT2D eigenvalue weighted by Gasteiger charge is 2.50. The van der Waals surface area contributed by atoms with E-state index in [1.165, 1.54) is 0 Å². The number of carbonyl (C=O) groups is 1. The third-order valence-electron chi connectivity index (χ3n) is 7.31. The number of oxazole rings is 1. The molecule has 0 aliphatic carbocycles. The molecule has 9 nitrogen and oxygen atoms in total. The first-order valence-electron chi connectivity index (χ1n) is 13.2. The van der Waals surface area contributed by atoms with E-state index in [1.54, 1.807) is 12.1 Å². The normalized spacial score (nSPS) is 18.6. The Morgan fingerprint density at radius 3 is 2.45 bits per heavy atom. The third kappa shape index (κ3) is 6.26. The molecule has 0 bridgehead atoms. The van der Waals surface area contributed by atoms with E-state index in [1.807, 2.05) is 56.4 Å². The van der Waals surface area contributed by atoms with Crippen LogP contribution in [0.25, 0.3) is 11.1 Å². The van der Waals surface area contributed by atoms with Crippen molar-refractivity contribution < 1.29 is 22.7 Å². The molecule has 4 rings (SSSR count). The second-order valence-corrected chi connectivity index (χ2v) is 12.6. The summed E-state index contributed by atoms with van der Waals surface area (Å²) in [6.45, 7) is 3.54. The van der Waals surface area contributed by atoms with Crippen LogP contribution < -0.4 is 10.6 Å². The van der Waals surface area contributed by atoms with Crippen LogP contribution in [0.2, 0.25) is 0 Å². The van der Waals surface area contributed by atoms with Gasteiger partial charge in [0.2, 0.25) is 10.8 Å². The Balaban J connectivity index is 1.67. The number of benzene rings is 2. The molecular formula is C28H38N4O5S. The Morgan fingerprint density at radius 1 is 1.16 bits per heavy atom. The first kappa shape index (κ1) is 28.2. The zero-order chi connectivity index (χ0) is 27.3. The quantitative estimate of drug-likeness (QED) is 0.338. The minimum absolute atomic E-state index is 0.0390. The van der Waals surface area contributed by atoms with E-state index in [0.717, 1.165) is 37.8 Å². The van der Waals surface area contributed by atoms with Gasteiger partial charge in [0.15, 0.2) is 21.5 Å². The van der Waals surface area contributed by atoms with E-state index >= 15 is 0 Å². The monoisotopic (exact) mass is 542 g/mol. The van der Waals surface area contributed by atoms with Gasteiger partial charge < -0.3 is 19.7 Å². The molecule has 38 heavy (non-hydrogen) atoms. The lowest BCUT2D eigenvalue weighted by Crippen LogP contribution is -2.67. The maximum Gasteiger partial charge on any atom is 0.256 e. The molecule has 3 atom stereocenters. The van der Waals surface area contributed by atoms with Crippen LogP contribution in [0.3, 0.4) is 0 Å². The highest BCUT2D eigenvalue weighted by atomic mass is 32.2. The fourth-order valence-electron chi connectivity index (χ4n) is 5.06. The number of carbonyl (C=O) groups excluding carboxylic acids is 1. The number of aromatic nitrogens is 1. The van der Waals surface area contributed by atoms with Gasteiger partial charge in [-0.15, -0.1) is 0 Å². The van der Waals surface area contributed by atoms with E-state index in [-0.39, 0.29) is 18.4 Å². The van der Waals surface area contributed by atoms with Crippen molar-refractivity contribution in [2.75, 3.05) is 26.4 Å². The van der Waals surface area contributed by atoms with Gasteiger partial charge in [-0.05, 0) is 57.1 Å². The molecule has 2 aromatic carbocycles. The molecule has 1 aliphatic rings. The lowest BCUT2D eigenvalue weighted by Gasteiger charge is -2.39. The van der Waals surface area contributed by atoms with E-state index in [0.29, 0.717) is 23.9 Å². The van der Waals surface area contributed by atoms with Crippen molar-refractivity contribution in [3.8, 4) is 0 Å². The van der Waals surface area contributed by atoms with Crippen LogP contribution in [0, 0.1) is 0 Å². The number of rotatable bonds is 11. The summed E-state index contributed by atoms with van der Waals surface area (Å²) >= 11 is 0. The third-order valence-corrected chi connectivity index (χ3v) is 9.03. The predicted octanol–water partition coefficient (Wildman–Crippen LogP) is 2.81. The number of nitrogens with one attached hydrogen (secondary N) is 2. The first-order chi connectivity index (χ1) is 18.1. The average Bonchev–Trinajstić information content (AvgIpc) is 3.33. The molecule has 1 saturated heterocycles. The lowest BCUT2D eigenvalue weighted by molar-refractivity contribution is -0.126. The maximum absolute atomic E-state index is 14.1. The van der Waals surface area contributed by atoms with Crippen LogP contribution in [0.5, 0.6) is 0 Å².